The van der Waals surface area contributed by atoms with E-state index in [0.717, 1.165) is 6.42 Å². The Bertz CT molecular complexity index is 310. The van der Waals surface area contributed by atoms with Crippen molar-refractivity contribution in [3.63, 3.8) is 0 Å². The number of rotatable bonds is 2. The lowest BCUT2D eigenvalue weighted by Crippen LogP contribution is -2.33. The van der Waals surface area contributed by atoms with Gasteiger partial charge in [0, 0.05) is 12.0 Å². The number of allylic oxidation sites excluding steroid dienone is 3. The van der Waals surface area contributed by atoms with Crippen LogP contribution in [-0.2, 0) is 4.79 Å². The highest BCUT2D eigenvalue weighted by Gasteiger charge is 2.36. The Balaban J connectivity index is 2.96. The van der Waals surface area contributed by atoms with E-state index >= 15 is 0 Å². The van der Waals surface area contributed by atoms with E-state index in [2.05, 4.69) is 33.8 Å². The number of aliphatic carboxylic acids is 1. The lowest BCUT2D eigenvalue weighted by molar-refractivity contribution is -0.131. The van der Waals surface area contributed by atoms with Crippen molar-refractivity contribution in [1.82, 2.24) is 0 Å². The fourth-order valence-corrected chi connectivity index (χ4v) is 2.27. The maximum atomic E-state index is 10.5. The zero-order chi connectivity index (χ0) is 11.6. The molecule has 2 atom stereocenters. The van der Waals surface area contributed by atoms with Crippen LogP contribution in [0, 0.1) is 17.3 Å². The van der Waals surface area contributed by atoms with Gasteiger partial charge in [-0.3, -0.25) is 0 Å². The molecule has 1 N–H and O–H groups in total. The molecule has 0 aromatic carbocycles. The molecule has 15 heavy (non-hydrogen) atoms. The van der Waals surface area contributed by atoms with Crippen molar-refractivity contribution in [1.29, 1.82) is 0 Å². The van der Waals surface area contributed by atoms with Crippen LogP contribution in [0.2, 0.25) is 0 Å². The van der Waals surface area contributed by atoms with Gasteiger partial charge in [0.25, 0.3) is 0 Å². The first kappa shape index (κ1) is 12.0. The third-order valence-electron chi connectivity index (χ3n) is 3.79. The molecule has 1 aliphatic carbocycles. The van der Waals surface area contributed by atoms with E-state index in [1.54, 1.807) is 0 Å². The second-order valence-corrected chi connectivity index (χ2v) is 5.08. The van der Waals surface area contributed by atoms with Gasteiger partial charge in [-0.1, -0.05) is 38.5 Å². The predicted molar refractivity (Wildman–Crippen MR) is 61.6 cm³/mol. The van der Waals surface area contributed by atoms with E-state index in [1.165, 1.54) is 11.6 Å². The van der Waals surface area contributed by atoms with Crippen LogP contribution in [0.15, 0.2) is 23.8 Å². The zero-order valence-electron chi connectivity index (χ0n) is 9.95. The highest BCUT2D eigenvalue weighted by molar-refractivity contribution is 5.79. The van der Waals surface area contributed by atoms with Crippen molar-refractivity contribution in [3.8, 4) is 0 Å². The van der Waals surface area contributed by atoms with E-state index in [-0.39, 0.29) is 11.3 Å². The Hall–Kier alpha value is -1.05. The summed E-state index contributed by atoms with van der Waals surface area (Å²) in [5.41, 5.74) is 1.43. The van der Waals surface area contributed by atoms with Crippen molar-refractivity contribution in [3.05, 3.63) is 23.8 Å². The molecule has 0 amide bonds. The molecule has 0 heterocycles. The summed E-state index contributed by atoms with van der Waals surface area (Å²) < 4.78 is 0. The number of hydrogen-bond acceptors (Lipinski definition) is 1. The number of carboxylic acid groups (broad SMARTS) is 1. The van der Waals surface area contributed by atoms with E-state index < -0.39 is 5.97 Å². The molecular weight excluding hydrogens is 188 g/mol. The highest BCUT2D eigenvalue weighted by Crippen LogP contribution is 2.45. The minimum absolute atomic E-state index is 0.144. The quantitative estimate of drug-likeness (QED) is 0.558. The second-order valence-electron chi connectivity index (χ2n) is 5.08. The summed E-state index contributed by atoms with van der Waals surface area (Å²) in [7, 11) is 0. The molecule has 0 saturated heterocycles. The Morgan fingerprint density at radius 2 is 2.20 bits per heavy atom. The van der Waals surface area contributed by atoms with Crippen LogP contribution >= 0.6 is 0 Å². The molecule has 2 unspecified atom stereocenters. The van der Waals surface area contributed by atoms with Crippen LogP contribution in [0.5, 0.6) is 0 Å². The lowest BCUT2D eigenvalue weighted by atomic mass is 9.63. The Morgan fingerprint density at radius 3 is 2.73 bits per heavy atom. The summed E-state index contributed by atoms with van der Waals surface area (Å²) in [5, 5.41) is 8.66. The molecule has 0 bridgehead atoms. The van der Waals surface area contributed by atoms with Crippen LogP contribution in [0.4, 0.5) is 0 Å². The Labute approximate surface area is 91.7 Å². The molecule has 0 radical (unpaired) electrons. The molecule has 0 aliphatic heterocycles. The third-order valence-corrected chi connectivity index (χ3v) is 3.79. The van der Waals surface area contributed by atoms with Crippen molar-refractivity contribution >= 4 is 5.97 Å². The third kappa shape index (κ3) is 2.49. The van der Waals surface area contributed by atoms with E-state index in [9.17, 15) is 4.79 Å². The first-order chi connectivity index (χ1) is 6.85. The molecule has 0 aromatic rings. The average Bonchev–Trinajstić information content (AvgIpc) is 2.11. The van der Waals surface area contributed by atoms with E-state index in [4.69, 9.17) is 5.11 Å². The normalized spacial score (nSPS) is 30.3. The highest BCUT2D eigenvalue weighted by atomic mass is 16.4. The minimum Gasteiger partial charge on any atom is -0.478 e. The Kier molecular flexibility index (Phi) is 3.38. The van der Waals surface area contributed by atoms with Crippen molar-refractivity contribution in [2.75, 3.05) is 0 Å². The largest absolute Gasteiger partial charge is 0.478 e. The van der Waals surface area contributed by atoms with Crippen LogP contribution in [0.25, 0.3) is 0 Å². The SMILES string of the molecule is CC1=CCC(C)C(C)(C)C1/C=C/C(=O)O. The predicted octanol–water partition coefficient (Wildman–Crippen LogP) is 3.26. The van der Waals surface area contributed by atoms with Crippen molar-refractivity contribution in [2.24, 2.45) is 17.3 Å². The molecule has 1 rings (SSSR count). The molecule has 84 valence electrons. The average molecular weight is 208 g/mol. The van der Waals surface area contributed by atoms with Crippen LogP contribution < -0.4 is 0 Å². The number of carbonyl (C=O) groups is 1. The summed E-state index contributed by atoms with van der Waals surface area (Å²) in [6.07, 6.45) is 6.41. The summed E-state index contributed by atoms with van der Waals surface area (Å²) in [5.74, 6) is -0.0289. The lowest BCUT2D eigenvalue weighted by Gasteiger charge is -2.42. The molecule has 2 nitrogen and oxygen atoms in total. The van der Waals surface area contributed by atoms with Gasteiger partial charge >= 0.3 is 5.97 Å². The second kappa shape index (κ2) is 4.21. The first-order valence-corrected chi connectivity index (χ1v) is 5.43. The first-order valence-electron chi connectivity index (χ1n) is 5.43. The van der Waals surface area contributed by atoms with Crippen molar-refractivity contribution in [2.45, 2.75) is 34.1 Å². The number of hydrogen-bond donors (Lipinski definition) is 1. The van der Waals surface area contributed by atoms with Gasteiger partial charge in [0.15, 0.2) is 0 Å². The minimum atomic E-state index is -0.864. The zero-order valence-corrected chi connectivity index (χ0v) is 9.95. The fraction of sp³-hybridized carbons (Fsp3) is 0.615. The van der Waals surface area contributed by atoms with Gasteiger partial charge in [-0.25, -0.2) is 4.79 Å². The summed E-state index contributed by atoms with van der Waals surface area (Å²) in [6, 6.07) is 0. The monoisotopic (exact) mass is 208 g/mol. The molecule has 0 saturated carbocycles. The Morgan fingerprint density at radius 1 is 1.60 bits per heavy atom. The number of carboxylic acids is 1. The molecule has 1 aliphatic rings. The maximum absolute atomic E-state index is 10.5. The maximum Gasteiger partial charge on any atom is 0.327 e. The van der Waals surface area contributed by atoms with Crippen LogP contribution in [-0.4, -0.2) is 11.1 Å². The molecular formula is C13H20O2. The van der Waals surface area contributed by atoms with Gasteiger partial charge in [0.1, 0.15) is 0 Å². The molecule has 0 aromatic heterocycles. The molecule has 2 heteroatoms. The van der Waals surface area contributed by atoms with Gasteiger partial charge in [-0.2, -0.15) is 0 Å². The summed E-state index contributed by atoms with van der Waals surface area (Å²) in [4.78, 5) is 10.5. The smallest absolute Gasteiger partial charge is 0.327 e. The molecule has 0 spiro atoms. The fourth-order valence-electron chi connectivity index (χ4n) is 2.27. The standard InChI is InChI=1S/C13H20O2/c1-9-5-6-10(2)13(3,4)11(9)7-8-12(14)15/h5,7-8,10-11H,6H2,1-4H3,(H,14,15)/b8-7+. The van der Waals surface area contributed by atoms with Crippen molar-refractivity contribution < 1.29 is 9.90 Å². The van der Waals surface area contributed by atoms with Gasteiger partial charge in [0.05, 0.1) is 0 Å². The van der Waals surface area contributed by atoms with Gasteiger partial charge < -0.3 is 5.11 Å². The van der Waals surface area contributed by atoms with Crippen LogP contribution in [0.1, 0.15) is 34.1 Å². The van der Waals surface area contributed by atoms with E-state index in [1.807, 2.05) is 6.08 Å². The molecule has 0 fully saturated rings. The van der Waals surface area contributed by atoms with Gasteiger partial charge in [-0.05, 0) is 24.7 Å². The van der Waals surface area contributed by atoms with Crippen LogP contribution in [0.3, 0.4) is 0 Å². The summed E-state index contributed by atoms with van der Waals surface area (Å²) >= 11 is 0. The van der Waals surface area contributed by atoms with E-state index in [0.29, 0.717) is 5.92 Å². The topological polar surface area (TPSA) is 37.3 Å². The van der Waals surface area contributed by atoms with Gasteiger partial charge in [-0.15, -0.1) is 0 Å². The summed E-state index contributed by atoms with van der Waals surface area (Å²) in [6.45, 7) is 8.74. The van der Waals surface area contributed by atoms with Gasteiger partial charge in [0.2, 0.25) is 0 Å².